The molecule has 1 aromatic carbocycles. The molecule has 1 heterocycles. The summed E-state index contributed by atoms with van der Waals surface area (Å²) in [5, 5.41) is 3.48. The summed E-state index contributed by atoms with van der Waals surface area (Å²) in [6.07, 6.45) is 2.30. The van der Waals surface area contributed by atoms with Gasteiger partial charge in [-0.1, -0.05) is 0 Å². The van der Waals surface area contributed by atoms with Crippen molar-refractivity contribution in [1.29, 1.82) is 0 Å². The SMILES string of the molecule is CCOc1c(Br)cc(CNCC2(C)CCCO2)cc1Br. The molecule has 0 aliphatic carbocycles. The number of rotatable bonds is 6. The van der Waals surface area contributed by atoms with Gasteiger partial charge in [-0.3, -0.25) is 0 Å². The zero-order chi connectivity index (χ0) is 14.6. The summed E-state index contributed by atoms with van der Waals surface area (Å²) in [4.78, 5) is 0. The molecule has 0 radical (unpaired) electrons. The Hall–Kier alpha value is -0.100. The van der Waals surface area contributed by atoms with Crippen molar-refractivity contribution in [1.82, 2.24) is 5.32 Å². The third kappa shape index (κ3) is 4.20. The molecule has 2 rings (SSSR count). The number of nitrogens with one attached hydrogen (secondary N) is 1. The van der Waals surface area contributed by atoms with E-state index >= 15 is 0 Å². The van der Waals surface area contributed by atoms with E-state index in [4.69, 9.17) is 9.47 Å². The van der Waals surface area contributed by atoms with E-state index in [1.165, 1.54) is 12.0 Å². The van der Waals surface area contributed by atoms with Crippen molar-refractivity contribution in [2.45, 2.75) is 38.8 Å². The second kappa shape index (κ2) is 7.25. The van der Waals surface area contributed by atoms with Crippen molar-refractivity contribution in [3.8, 4) is 5.75 Å². The van der Waals surface area contributed by atoms with Gasteiger partial charge in [0.1, 0.15) is 5.75 Å². The Bertz CT molecular complexity index is 436. The van der Waals surface area contributed by atoms with E-state index in [1.807, 2.05) is 6.92 Å². The van der Waals surface area contributed by atoms with E-state index in [0.29, 0.717) is 6.61 Å². The van der Waals surface area contributed by atoms with E-state index in [0.717, 1.165) is 40.8 Å². The zero-order valence-corrected chi connectivity index (χ0v) is 15.1. The normalized spacial score (nSPS) is 22.2. The van der Waals surface area contributed by atoms with Crippen LogP contribution in [0.15, 0.2) is 21.1 Å². The van der Waals surface area contributed by atoms with Gasteiger partial charge in [0.25, 0.3) is 0 Å². The van der Waals surface area contributed by atoms with Crippen LogP contribution in [-0.4, -0.2) is 25.4 Å². The second-order valence-corrected chi connectivity index (χ2v) is 7.04. The molecule has 1 atom stereocenters. The van der Waals surface area contributed by atoms with Gasteiger partial charge in [0.15, 0.2) is 0 Å². The summed E-state index contributed by atoms with van der Waals surface area (Å²) in [6.45, 7) is 7.41. The van der Waals surface area contributed by atoms with Crippen LogP contribution < -0.4 is 10.1 Å². The molecular weight excluding hydrogens is 386 g/mol. The summed E-state index contributed by atoms with van der Waals surface area (Å²) in [7, 11) is 0. The molecule has 112 valence electrons. The fourth-order valence-corrected chi connectivity index (χ4v) is 3.95. The second-order valence-electron chi connectivity index (χ2n) is 5.33. The largest absolute Gasteiger partial charge is 0.492 e. The Morgan fingerprint density at radius 1 is 1.35 bits per heavy atom. The molecule has 20 heavy (non-hydrogen) atoms. The van der Waals surface area contributed by atoms with Crippen LogP contribution in [0.1, 0.15) is 32.3 Å². The van der Waals surface area contributed by atoms with Crippen molar-refractivity contribution in [2.24, 2.45) is 0 Å². The number of ether oxygens (including phenoxy) is 2. The van der Waals surface area contributed by atoms with Crippen LogP contribution in [0.2, 0.25) is 0 Å². The molecular formula is C15H21Br2NO2. The van der Waals surface area contributed by atoms with Gasteiger partial charge in [-0.25, -0.2) is 0 Å². The third-order valence-corrected chi connectivity index (χ3v) is 4.65. The lowest BCUT2D eigenvalue weighted by Crippen LogP contribution is -2.36. The Morgan fingerprint density at radius 3 is 2.60 bits per heavy atom. The molecule has 1 aromatic rings. The van der Waals surface area contributed by atoms with E-state index in [-0.39, 0.29) is 5.60 Å². The van der Waals surface area contributed by atoms with E-state index in [2.05, 4.69) is 56.2 Å². The Balaban J connectivity index is 1.93. The lowest BCUT2D eigenvalue weighted by atomic mass is 10.0. The fraction of sp³-hybridized carbons (Fsp3) is 0.600. The Morgan fingerprint density at radius 2 is 2.05 bits per heavy atom. The van der Waals surface area contributed by atoms with E-state index in [9.17, 15) is 0 Å². The van der Waals surface area contributed by atoms with Gasteiger partial charge in [-0.15, -0.1) is 0 Å². The summed E-state index contributed by atoms with van der Waals surface area (Å²) in [5.74, 6) is 0.863. The lowest BCUT2D eigenvalue weighted by molar-refractivity contribution is 0.0207. The van der Waals surface area contributed by atoms with Gasteiger partial charge < -0.3 is 14.8 Å². The van der Waals surface area contributed by atoms with Crippen molar-refractivity contribution < 1.29 is 9.47 Å². The quantitative estimate of drug-likeness (QED) is 0.765. The molecule has 0 bridgehead atoms. The van der Waals surface area contributed by atoms with Crippen LogP contribution in [0.3, 0.4) is 0 Å². The van der Waals surface area contributed by atoms with Gasteiger partial charge in [0.05, 0.1) is 21.2 Å². The minimum absolute atomic E-state index is 0.000271. The maximum Gasteiger partial charge on any atom is 0.147 e. The lowest BCUT2D eigenvalue weighted by Gasteiger charge is -2.23. The molecule has 1 aliphatic heterocycles. The van der Waals surface area contributed by atoms with Crippen LogP contribution in [0.25, 0.3) is 0 Å². The van der Waals surface area contributed by atoms with Gasteiger partial charge in [0, 0.05) is 19.7 Å². The first-order chi connectivity index (χ1) is 9.54. The molecule has 1 saturated heterocycles. The minimum atomic E-state index is -0.000271. The van der Waals surface area contributed by atoms with Crippen molar-refractivity contribution in [3.63, 3.8) is 0 Å². The fourth-order valence-electron chi connectivity index (χ4n) is 2.44. The molecule has 3 nitrogen and oxygen atoms in total. The highest BCUT2D eigenvalue weighted by atomic mass is 79.9. The summed E-state index contributed by atoms with van der Waals surface area (Å²) >= 11 is 7.12. The van der Waals surface area contributed by atoms with E-state index < -0.39 is 0 Å². The average Bonchev–Trinajstić information content (AvgIpc) is 2.81. The monoisotopic (exact) mass is 405 g/mol. The molecule has 5 heteroatoms. The van der Waals surface area contributed by atoms with Crippen molar-refractivity contribution in [3.05, 3.63) is 26.6 Å². The summed E-state index contributed by atoms with van der Waals surface area (Å²) in [6, 6.07) is 4.20. The highest BCUT2D eigenvalue weighted by Crippen LogP contribution is 2.34. The van der Waals surface area contributed by atoms with Crippen LogP contribution in [0.5, 0.6) is 5.75 Å². The third-order valence-electron chi connectivity index (χ3n) is 3.48. The molecule has 0 amide bonds. The smallest absolute Gasteiger partial charge is 0.147 e. The first-order valence-electron chi connectivity index (χ1n) is 6.99. The van der Waals surface area contributed by atoms with Gasteiger partial charge >= 0.3 is 0 Å². The summed E-state index contributed by atoms with van der Waals surface area (Å²) in [5.41, 5.74) is 1.22. The molecule has 0 saturated carbocycles. The highest BCUT2D eigenvalue weighted by molar-refractivity contribution is 9.11. The highest BCUT2D eigenvalue weighted by Gasteiger charge is 2.28. The predicted octanol–water partition coefficient (Wildman–Crippen LogP) is 4.27. The summed E-state index contributed by atoms with van der Waals surface area (Å²) < 4.78 is 13.3. The molecule has 1 aliphatic rings. The minimum Gasteiger partial charge on any atom is -0.492 e. The van der Waals surface area contributed by atoms with Crippen LogP contribution in [0.4, 0.5) is 0 Å². The molecule has 1 fully saturated rings. The number of hydrogen-bond donors (Lipinski definition) is 1. The van der Waals surface area contributed by atoms with Gasteiger partial charge in [0.2, 0.25) is 0 Å². The molecule has 1 unspecified atom stereocenters. The zero-order valence-electron chi connectivity index (χ0n) is 12.0. The Kier molecular flexibility index (Phi) is 5.90. The van der Waals surface area contributed by atoms with E-state index in [1.54, 1.807) is 0 Å². The van der Waals surface area contributed by atoms with Gasteiger partial charge in [-0.05, 0) is 76.2 Å². The van der Waals surface area contributed by atoms with Crippen LogP contribution in [-0.2, 0) is 11.3 Å². The standard InChI is InChI=1S/C15H21Br2NO2/c1-3-19-14-12(16)7-11(8-13(14)17)9-18-10-15(2)5-4-6-20-15/h7-8,18H,3-6,9-10H2,1-2H3. The maximum atomic E-state index is 5.78. The predicted molar refractivity (Wildman–Crippen MR) is 88.3 cm³/mol. The van der Waals surface area contributed by atoms with Crippen molar-refractivity contribution in [2.75, 3.05) is 19.8 Å². The topological polar surface area (TPSA) is 30.5 Å². The maximum absolute atomic E-state index is 5.78. The Labute approximate surface area is 137 Å². The van der Waals surface area contributed by atoms with Crippen LogP contribution >= 0.6 is 31.9 Å². The first-order valence-corrected chi connectivity index (χ1v) is 8.58. The first kappa shape index (κ1) is 16.3. The molecule has 0 aromatic heterocycles. The number of hydrogen-bond acceptors (Lipinski definition) is 3. The number of halogens is 2. The van der Waals surface area contributed by atoms with Gasteiger partial charge in [-0.2, -0.15) is 0 Å². The average molecular weight is 407 g/mol. The van der Waals surface area contributed by atoms with Crippen LogP contribution in [0, 0.1) is 0 Å². The molecule has 0 spiro atoms. The van der Waals surface area contributed by atoms with Crippen molar-refractivity contribution >= 4 is 31.9 Å². The molecule has 1 N–H and O–H groups in total. The number of benzene rings is 1.